The zero-order chi connectivity index (χ0) is 41.9. The van der Waals surface area contributed by atoms with E-state index in [1.165, 1.54) is 36.8 Å². The van der Waals surface area contributed by atoms with Crippen LogP contribution in [0.25, 0.3) is 0 Å². The van der Waals surface area contributed by atoms with E-state index >= 15 is 0 Å². The van der Waals surface area contributed by atoms with Gasteiger partial charge in [-0.25, -0.2) is 9.59 Å². The first-order valence-electron chi connectivity index (χ1n) is 20.8. The van der Waals surface area contributed by atoms with E-state index in [1.54, 1.807) is 0 Å². The maximum atomic E-state index is 12.5. The first-order valence-corrected chi connectivity index (χ1v) is 20.8. The monoisotopic (exact) mass is 790 g/mol. The number of anilines is 2. The van der Waals surface area contributed by atoms with Crippen LogP contribution < -0.4 is 9.80 Å². The van der Waals surface area contributed by atoms with Gasteiger partial charge in [0.2, 0.25) is 11.8 Å². The number of carboxylic acid groups (broad SMARTS) is 2. The van der Waals surface area contributed by atoms with E-state index in [0.717, 1.165) is 50.6 Å². The maximum Gasteiger partial charge on any atom is 0.414 e. The van der Waals surface area contributed by atoms with Crippen LogP contribution in [0.1, 0.15) is 89.2 Å². The fourth-order valence-electron chi connectivity index (χ4n) is 8.07. The Labute approximate surface area is 345 Å². The van der Waals surface area contributed by atoms with Gasteiger partial charge in [-0.05, 0) is 113 Å². The number of likely N-dealkylation sites (tertiary alicyclic amines) is 2. The number of para-hydroxylation sites is 2. The van der Waals surface area contributed by atoms with E-state index in [1.807, 2.05) is 84.3 Å². The van der Waals surface area contributed by atoms with Gasteiger partial charge in [0.1, 0.15) is 0 Å². The summed E-state index contributed by atoms with van der Waals surface area (Å²) in [7, 11) is 0. The van der Waals surface area contributed by atoms with Gasteiger partial charge < -0.3 is 29.8 Å². The molecular formula is C48H62N4O6. The van der Waals surface area contributed by atoms with E-state index in [9.17, 15) is 9.59 Å². The van der Waals surface area contributed by atoms with Crippen molar-refractivity contribution < 1.29 is 29.4 Å². The Morgan fingerprint density at radius 1 is 0.517 bits per heavy atom. The number of carbonyl (C=O) groups is 4. The first kappa shape index (κ1) is 45.4. The molecule has 2 heterocycles. The van der Waals surface area contributed by atoms with Crippen LogP contribution in [0.3, 0.4) is 0 Å². The van der Waals surface area contributed by atoms with Crippen molar-refractivity contribution in [3.05, 3.63) is 132 Å². The second kappa shape index (κ2) is 23.8. The Kier molecular flexibility index (Phi) is 18.6. The summed E-state index contributed by atoms with van der Waals surface area (Å²) in [5.41, 5.74) is 4.94. The lowest BCUT2D eigenvalue weighted by molar-refractivity contribution is -0.159. The molecule has 2 N–H and O–H groups in total. The number of aliphatic carboxylic acids is 2. The van der Waals surface area contributed by atoms with E-state index in [2.05, 4.69) is 84.3 Å². The van der Waals surface area contributed by atoms with Crippen molar-refractivity contribution in [2.45, 2.75) is 90.1 Å². The number of hydrogen-bond acceptors (Lipinski definition) is 6. The molecule has 2 aliphatic rings. The van der Waals surface area contributed by atoms with Gasteiger partial charge in [-0.3, -0.25) is 9.59 Å². The molecule has 2 atom stereocenters. The number of carboxylic acids is 2. The predicted molar refractivity (Wildman–Crippen MR) is 232 cm³/mol. The van der Waals surface area contributed by atoms with Crippen LogP contribution in [0.5, 0.6) is 0 Å². The Balaban J connectivity index is 0.000000225. The summed E-state index contributed by atoms with van der Waals surface area (Å²) in [5, 5.41) is 14.8. The Bertz CT molecular complexity index is 1680. The van der Waals surface area contributed by atoms with Crippen molar-refractivity contribution in [3.8, 4) is 0 Å². The fourth-order valence-corrected chi connectivity index (χ4v) is 8.07. The standard InChI is InChI=1S/2C23H30N2O.C2H2O4/c2*1-3-23(26)25(22-12-8-5-9-13-22)19(2)18-24-16-14-21(15-17-24)20-10-6-4-7-11-20;3-1(4)2(5)6/h2*4-13,19,21H,3,14-18H2,1-2H3;(H,3,4)(H,5,6). The summed E-state index contributed by atoms with van der Waals surface area (Å²) >= 11 is 0. The summed E-state index contributed by atoms with van der Waals surface area (Å²) in [6.45, 7) is 14.5. The zero-order valence-electron chi connectivity index (χ0n) is 34.7. The van der Waals surface area contributed by atoms with Crippen molar-refractivity contribution in [2.24, 2.45) is 0 Å². The van der Waals surface area contributed by atoms with Crippen molar-refractivity contribution in [1.82, 2.24) is 9.80 Å². The molecule has 310 valence electrons. The largest absolute Gasteiger partial charge is 0.473 e. The molecule has 58 heavy (non-hydrogen) atoms. The summed E-state index contributed by atoms with van der Waals surface area (Å²) < 4.78 is 0. The molecule has 2 fully saturated rings. The Hall–Kier alpha value is -5.32. The van der Waals surface area contributed by atoms with Gasteiger partial charge in [-0.2, -0.15) is 0 Å². The van der Waals surface area contributed by atoms with Crippen molar-refractivity contribution in [1.29, 1.82) is 0 Å². The van der Waals surface area contributed by atoms with Crippen molar-refractivity contribution in [3.63, 3.8) is 0 Å². The topological polar surface area (TPSA) is 122 Å². The molecule has 10 nitrogen and oxygen atoms in total. The summed E-state index contributed by atoms with van der Waals surface area (Å²) in [5.74, 6) is -1.91. The van der Waals surface area contributed by atoms with Gasteiger partial charge in [-0.15, -0.1) is 0 Å². The van der Waals surface area contributed by atoms with Gasteiger partial charge in [0.15, 0.2) is 0 Å². The molecule has 2 amide bonds. The molecule has 10 heteroatoms. The Morgan fingerprint density at radius 2 is 0.793 bits per heavy atom. The minimum Gasteiger partial charge on any atom is -0.473 e. The number of amides is 2. The molecule has 2 unspecified atom stereocenters. The molecule has 4 aromatic rings. The number of hydrogen-bond donors (Lipinski definition) is 2. The molecule has 0 radical (unpaired) electrons. The molecule has 2 saturated heterocycles. The summed E-state index contributed by atoms with van der Waals surface area (Å²) in [6, 6.07) is 42.2. The van der Waals surface area contributed by atoms with E-state index < -0.39 is 11.9 Å². The predicted octanol–water partition coefficient (Wildman–Crippen LogP) is 8.55. The number of piperidine rings is 2. The number of carbonyl (C=O) groups excluding carboxylic acids is 2. The van der Waals surface area contributed by atoms with Crippen LogP contribution >= 0.6 is 0 Å². The highest BCUT2D eigenvalue weighted by atomic mass is 16.4. The van der Waals surface area contributed by atoms with Gasteiger partial charge in [-0.1, -0.05) is 111 Å². The molecule has 2 aliphatic heterocycles. The zero-order valence-corrected chi connectivity index (χ0v) is 34.7. The average Bonchev–Trinajstić information content (AvgIpc) is 3.26. The van der Waals surface area contributed by atoms with Crippen molar-refractivity contribution in [2.75, 3.05) is 49.1 Å². The molecular weight excluding hydrogens is 729 g/mol. The first-order chi connectivity index (χ1) is 28.0. The van der Waals surface area contributed by atoms with E-state index in [4.69, 9.17) is 19.8 Å². The van der Waals surface area contributed by atoms with E-state index in [-0.39, 0.29) is 23.9 Å². The average molecular weight is 791 g/mol. The number of benzene rings is 4. The molecule has 0 aliphatic carbocycles. The minimum absolute atomic E-state index is 0.179. The van der Waals surface area contributed by atoms with Crippen LogP contribution in [0.15, 0.2) is 121 Å². The van der Waals surface area contributed by atoms with Crippen LogP contribution in [0.4, 0.5) is 11.4 Å². The lowest BCUT2D eigenvalue weighted by Crippen LogP contribution is -2.47. The molecule has 4 aromatic carbocycles. The minimum atomic E-state index is -1.82. The lowest BCUT2D eigenvalue weighted by Gasteiger charge is -2.37. The third kappa shape index (κ3) is 14.0. The second-order valence-corrected chi connectivity index (χ2v) is 15.2. The highest BCUT2D eigenvalue weighted by Crippen LogP contribution is 2.30. The SMILES string of the molecule is CCC(=O)N(c1ccccc1)C(C)CN1CCC(c2ccccc2)CC1.CCC(=O)N(c1ccccc1)C(C)CN1CCC(c2ccccc2)CC1.O=C(O)C(=O)O. The highest BCUT2D eigenvalue weighted by molar-refractivity contribution is 6.27. The summed E-state index contributed by atoms with van der Waals surface area (Å²) in [4.78, 5) is 52.3. The quantitative estimate of drug-likeness (QED) is 0.137. The molecule has 0 aromatic heterocycles. The van der Waals surface area contributed by atoms with Crippen LogP contribution in [-0.2, 0) is 19.2 Å². The highest BCUT2D eigenvalue weighted by Gasteiger charge is 2.27. The summed E-state index contributed by atoms with van der Waals surface area (Å²) in [6.07, 6.45) is 5.87. The molecule has 0 spiro atoms. The second-order valence-electron chi connectivity index (χ2n) is 15.2. The molecule has 0 saturated carbocycles. The third-order valence-electron chi connectivity index (χ3n) is 11.0. The van der Waals surface area contributed by atoms with Gasteiger partial charge in [0.25, 0.3) is 0 Å². The normalized spacial score (nSPS) is 16.0. The van der Waals surface area contributed by atoms with Crippen LogP contribution in [-0.4, -0.2) is 95.1 Å². The van der Waals surface area contributed by atoms with Gasteiger partial charge in [0.05, 0.1) is 0 Å². The van der Waals surface area contributed by atoms with Crippen LogP contribution in [0, 0.1) is 0 Å². The molecule has 0 bridgehead atoms. The maximum absolute atomic E-state index is 12.5. The van der Waals surface area contributed by atoms with Gasteiger partial charge >= 0.3 is 11.9 Å². The van der Waals surface area contributed by atoms with Gasteiger partial charge in [0, 0.05) is 49.4 Å². The number of rotatable bonds is 12. The Morgan fingerprint density at radius 3 is 1.05 bits per heavy atom. The molecule has 6 rings (SSSR count). The smallest absolute Gasteiger partial charge is 0.414 e. The lowest BCUT2D eigenvalue weighted by atomic mass is 9.89. The number of nitrogens with zero attached hydrogens (tertiary/aromatic N) is 4. The fraction of sp³-hybridized carbons (Fsp3) is 0.417. The van der Waals surface area contributed by atoms with Crippen LogP contribution in [0.2, 0.25) is 0 Å². The van der Waals surface area contributed by atoms with E-state index in [0.29, 0.717) is 24.7 Å². The third-order valence-corrected chi connectivity index (χ3v) is 11.0. The van der Waals surface area contributed by atoms with Crippen molar-refractivity contribution >= 4 is 35.1 Å².